The van der Waals surface area contributed by atoms with Crippen LogP contribution in [0.2, 0.25) is 0 Å². The molecule has 0 fully saturated rings. The summed E-state index contributed by atoms with van der Waals surface area (Å²) in [7, 11) is 0. The second-order valence-corrected chi connectivity index (χ2v) is 2.61. The maximum Gasteiger partial charge on any atom is 0.000536 e. The van der Waals surface area contributed by atoms with Crippen molar-refractivity contribution in [2.24, 2.45) is 5.92 Å². The van der Waals surface area contributed by atoms with Gasteiger partial charge in [-0.25, -0.2) is 0 Å². The first-order chi connectivity index (χ1) is 4.43. The third-order valence-corrected chi connectivity index (χ3v) is 1.80. The molecular formula is C8H11Cl. The number of allylic oxidation sites excluding steroid dienone is 3. The quantitative estimate of drug-likeness (QED) is 0.494. The summed E-state index contributed by atoms with van der Waals surface area (Å²) in [5.74, 6) is 0.701. The average molecular weight is 143 g/mol. The lowest BCUT2D eigenvalue weighted by molar-refractivity contribution is 0.584. The molecule has 1 aliphatic carbocycles. The van der Waals surface area contributed by atoms with E-state index >= 15 is 0 Å². The van der Waals surface area contributed by atoms with E-state index in [1.807, 2.05) is 0 Å². The van der Waals surface area contributed by atoms with Gasteiger partial charge < -0.3 is 0 Å². The van der Waals surface area contributed by atoms with Crippen LogP contribution in [0.25, 0.3) is 0 Å². The van der Waals surface area contributed by atoms with Crippen molar-refractivity contribution in [3.05, 3.63) is 23.8 Å². The van der Waals surface area contributed by atoms with Crippen molar-refractivity contribution in [3.8, 4) is 0 Å². The minimum absolute atomic E-state index is 0.701. The van der Waals surface area contributed by atoms with Crippen molar-refractivity contribution in [1.82, 2.24) is 0 Å². The SMILES string of the molecule is ClC=CC1CC=CCC1. The molecule has 0 amide bonds. The van der Waals surface area contributed by atoms with E-state index in [9.17, 15) is 0 Å². The zero-order valence-electron chi connectivity index (χ0n) is 5.39. The molecule has 0 aliphatic heterocycles. The minimum Gasteiger partial charge on any atom is -0.0933 e. The Labute approximate surface area is 61.2 Å². The molecule has 1 atom stereocenters. The lowest BCUT2D eigenvalue weighted by Crippen LogP contribution is -1.97. The van der Waals surface area contributed by atoms with Crippen LogP contribution in [0.4, 0.5) is 0 Å². The van der Waals surface area contributed by atoms with Crippen LogP contribution in [0, 0.1) is 5.92 Å². The van der Waals surface area contributed by atoms with Gasteiger partial charge in [0.15, 0.2) is 0 Å². The second-order valence-electron chi connectivity index (χ2n) is 2.36. The highest BCUT2D eigenvalue weighted by atomic mass is 35.5. The smallest absolute Gasteiger partial charge is 0.000536 e. The first-order valence-corrected chi connectivity index (χ1v) is 3.79. The molecule has 0 nitrogen and oxygen atoms in total. The molecule has 0 heterocycles. The van der Waals surface area contributed by atoms with E-state index < -0.39 is 0 Å². The Kier molecular flexibility index (Phi) is 2.85. The lowest BCUT2D eigenvalue weighted by atomic mass is 9.95. The number of hydrogen-bond donors (Lipinski definition) is 0. The molecule has 1 heteroatoms. The molecule has 0 bridgehead atoms. The van der Waals surface area contributed by atoms with Crippen molar-refractivity contribution in [3.63, 3.8) is 0 Å². The Morgan fingerprint density at radius 2 is 2.33 bits per heavy atom. The number of rotatable bonds is 1. The largest absolute Gasteiger partial charge is 0.0933 e. The van der Waals surface area contributed by atoms with Gasteiger partial charge in [-0.2, -0.15) is 0 Å². The standard InChI is InChI=1S/C8H11Cl/c9-7-6-8-4-2-1-3-5-8/h1-2,6-8H,3-5H2. The van der Waals surface area contributed by atoms with E-state index in [0.717, 1.165) is 0 Å². The first kappa shape index (κ1) is 6.88. The van der Waals surface area contributed by atoms with Gasteiger partial charge in [0.1, 0.15) is 0 Å². The molecule has 1 unspecified atom stereocenters. The topological polar surface area (TPSA) is 0 Å². The molecule has 0 aromatic rings. The summed E-state index contributed by atoms with van der Waals surface area (Å²) in [6.45, 7) is 0. The summed E-state index contributed by atoms with van der Waals surface area (Å²) in [6, 6.07) is 0. The fourth-order valence-corrected chi connectivity index (χ4v) is 1.30. The molecule has 1 aliphatic rings. The van der Waals surface area contributed by atoms with Crippen LogP contribution < -0.4 is 0 Å². The minimum atomic E-state index is 0.701. The van der Waals surface area contributed by atoms with Crippen molar-refractivity contribution in [2.75, 3.05) is 0 Å². The Hall–Kier alpha value is -0.230. The summed E-state index contributed by atoms with van der Waals surface area (Å²) in [6.07, 6.45) is 10.2. The summed E-state index contributed by atoms with van der Waals surface area (Å²) in [5.41, 5.74) is 1.63. The van der Waals surface area contributed by atoms with Gasteiger partial charge in [0.25, 0.3) is 0 Å². The molecule has 50 valence electrons. The maximum atomic E-state index is 5.43. The molecule has 0 radical (unpaired) electrons. The van der Waals surface area contributed by atoms with Crippen LogP contribution in [-0.2, 0) is 0 Å². The molecule has 0 aromatic heterocycles. The molecule has 0 aromatic carbocycles. The third kappa shape index (κ3) is 2.23. The van der Waals surface area contributed by atoms with Gasteiger partial charge in [-0.15, -0.1) is 0 Å². The molecule has 9 heavy (non-hydrogen) atoms. The zero-order valence-corrected chi connectivity index (χ0v) is 6.14. The highest BCUT2D eigenvalue weighted by Gasteiger charge is 2.03. The van der Waals surface area contributed by atoms with E-state index in [4.69, 9.17) is 11.6 Å². The third-order valence-electron chi connectivity index (χ3n) is 1.65. The van der Waals surface area contributed by atoms with Crippen LogP contribution in [0.5, 0.6) is 0 Å². The average Bonchev–Trinajstić information content (AvgIpc) is 1.91. The molecule has 0 saturated carbocycles. The molecular weight excluding hydrogens is 132 g/mol. The van der Waals surface area contributed by atoms with E-state index in [1.54, 1.807) is 5.54 Å². The first-order valence-electron chi connectivity index (χ1n) is 3.35. The molecule has 1 rings (SSSR count). The fraction of sp³-hybridized carbons (Fsp3) is 0.500. The van der Waals surface area contributed by atoms with E-state index in [-0.39, 0.29) is 0 Å². The Balaban J connectivity index is 2.35. The highest BCUT2D eigenvalue weighted by Crippen LogP contribution is 2.19. The second kappa shape index (κ2) is 3.73. The number of halogens is 1. The van der Waals surface area contributed by atoms with Crippen molar-refractivity contribution in [1.29, 1.82) is 0 Å². The summed E-state index contributed by atoms with van der Waals surface area (Å²) < 4.78 is 0. The van der Waals surface area contributed by atoms with Crippen molar-refractivity contribution >= 4 is 11.6 Å². The van der Waals surface area contributed by atoms with Crippen LogP contribution in [0.1, 0.15) is 19.3 Å². The van der Waals surface area contributed by atoms with Gasteiger partial charge in [0.2, 0.25) is 0 Å². The maximum absolute atomic E-state index is 5.43. The van der Waals surface area contributed by atoms with E-state index in [2.05, 4.69) is 18.2 Å². The summed E-state index contributed by atoms with van der Waals surface area (Å²) in [5, 5.41) is 0. The van der Waals surface area contributed by atoms with Gasteiger partial charge in [-0.05, 0) is 25.2 Å². The van der Waals surface area contributed by atoms with E-state index in [0.29, 0.717) is 5.92 Å². The fourth-order valence-electron chi connectivity index (χ4n) is 1.09. The van der Waals surface area contributed by atoms with Gasteiger partial charge in [-0.1, -0.05) is 29.8 Å². The molecule has 0 spiro atoms. The van der Waals surface area contributed by atoms with E-state index in [1.165, 1.54) is 19.3 Å². The van der Waals surface area contributed by atoms with Gasteiger partial charge in [0, 0.05) is 5.54 Å². The highest BCUT2D eigenvalue weighted by molar-refractivity contribution is 6.25. The molecule has 0 N–H and O–H groups in total. The Bertz CT molecular complexity index is 125. The predicted octanol–water partition coefficient (Wildman–Crippen LogP) is 3.10. The van der Waals surface area contributed by atoms with Crippen LogP contribution in [0.3, 0.4) is 0 Å². The monoisotopic (exact) mass is 142 g/mol. The number of hydrogen-bond acceptors (Lipinski definition) is 0. The van der Waals surface area contributed by atoms with Gasteiger partial charge in [0.05, 0.1) is 0 Å². The van der Waals surface area contributed by atoms with Crippen LogP contribution >= 0.6 is 11.6 Å². The van der Waals surface area contributed by atoms with Crippen molar-refractivity contribution < 1.29 is 0 Å². The van der Waals surface area contributed by atoms with Gasteiger partial charge in [-0.3, -0.25) is 0 Å². The van der Waals surface area contributed by atoms with Crippen molar-refractivity contribution in [2.45, 2.75) is 19.3 Å². The Morgan fingerprint density at radius 1 is 1.44 bits per heavy atom. The van der Waals surface area contributed by atoms with Gasteiger partial charge >= 0.3 is 0 Å². The van der Waals surface area contributed by atoms with Crippen LogP contribution in [-0.4, -0.2) is 0 Å². The molecule has 0 saturated heterocycles. The summed E-state index contributed by atoms with van der Waals surface area (Å²) >= 11 is 5.43. The Morgan fingerprint density at radius 3 is 2.89 bits per heavy atom. The lowest BCUT2D eigenvalue weighted by Gasteiger charge is -2.11. The predicted molar refractivity (Wildman–Crippen MR) is 41.5 cm³/mol. The normalized spacial score (nSPS) is 27.4. The summed E-state index contributed by atoms with van der Waals surface area (Å²) in [4.78, 5) is 0. The van der Waals surface area contributed by atoms with Crippen LogP contribution in [0.15, 0.2) is 23.8 Å². The zero-order chi connectivity index (χ0) is 6.53.